The highest BCUT2D eigenvalue weighted by Crippen LogP contribution is 2.37. The summed E-state index contributed by atoms with van der Waals surface area (Å²) in [6.07, 6.45) is 15.4. The van der Waals surface area contributed by atoms with E-state index in [0.717, 1.165) is 35.8 Å². The second-order valence-corrected chi connectivity index (χ2v) is 13.4. The molecule has 0 radical (unpaired) electrons. The molecule has 7 rings (SSSR count). The number of nitrogens with one attached hydrogen (secondary N) is 1. The average Bonchev–Trinajstić information content (AvgIpc) is 3.67. The molecule has 266 valence electrons. The van der Waals surface area contributed by atoms with Crippen LogP contribution in [0.2, 0.25) is 10.4 Å². The lowest BCUT2D eigenvalue weighted by atomic mass is 9.95. The first-order valence-electron chi connectivity index (χ1n) is 17.3. The highest BCUT2D eigenvalue weighted by atomic mass is 35.5. The van der Waals surface area contributed by atoms with Crippen molar-refractivity contribution in [1.82, 2.24) is 19.9 Å². The van der Waals surface area contributed by atoms with Crippen molar-refractivity contribution in [2.45, 2.75) is 89.1 Å². The molecule has 3 heterocycles. The molecule has 2 saturated carbocycles. The van der Waals surface area contributed by atoms with E-state index in [0.29, 0.717) is 46.0 Å². The lowest BCUT2D eigenvalue weighted by Gasteiger charge is -2.25. The Hall–Kier alpha value is -3.54. The molecule has 4 aromatic rings. The van der Waals surface area contributed by atoms with E-state index in [1.165, 1.54) is 77.0 Å². The number of benzene rings is 2. The van der Waals surface area contributed by atoms with Crippen LogP contribution in [0.5, 0.6) is 23.0 Å². The van der Waals surface area contributed by atoms with Crippen molar-refractivity contribution in [2.75, 3.05) is 51.7 Å². The van der Waals surface area contributed by atoms with Crippen molar-refractivity contribution in [3.05, 3.63) is 34.7 Å². The maximum absolute atomic E-state index is 5.95. The normalized spacial score (nSPS) is 16.8. The van der Waals surface area contributed by atoms with Gasteiger partial charge in [0.2, 0.25) is 11.2 Å². The quantitative estimate of drug-likeness (QED) is 0.142. The molecule has 1 aliphatic heterocycles. The molecule has 0 atom stereocenters. The molecule has 2 aromatic carbocycles. The van der Waals surface area contributed by atoms with Gasteiger partial charge in [0.25, 0.3) is 0 Å². The van der Waals surface area contributed by atoms with Crippen molar-refractivity contribution in [1.29, 1.82) is 0 Å². The summed E-state index contributed by atoms with van der Waals surface area (Å²) in [6.45, 7) is 2.06. The minimum absolute atomic E-state index is 0.102. The summed E-state index contributed by atoms with van der Waals surface area (Å²) < 4.78 is 21.3. The second kappa shape index (κ2) is 17.9. The van der Waals surface area contributed by atoms with E-state index in [2.05, 4.69) is 20.2 Å². The van der Waals surface area contributed by atoms with Crippen molar-refractivity contribution in [3.63, 3.8) is 0 Å². The number of hydrogen-bond acceptors (Lipinski definition) is 11. The number of fused-ring (bicyclic) bond motifs is 2. The summed E-state index contributed by atoms with van der Waals surface area (Å²) in [5.41, 5.74) is 7.15. The van der Waals surface area contributed by atoms with E-state index in [4.69, 9.17) is 57.9 Å². The van der Waals surface area contributed by atoms with Gasteiger partial charge in [-0.25, -0.2) is 15.0 Å². The summed E-state index contributed by atoms with van der Waals surface area (Å²) >= 11 is 11.7. The standard InChI is InChI=1S/C20H28N4O2.C10H8Cl2N2O2.C6H13N/c1-25-17-12-15-16(13-18(17)26-2)22-20(24-10-6-7-11-24)23-19(15)21-14-8-4-3-5-9-14;1-15-7-3-5-6(4-8(7)16-2)13-10(12)14-9(5)11;7-6-4-2-1-3-5-6/h12-14H,3-11H2,1-2H3,(H,21,22,23);3-4H,1-2H3;6H,1-5,7H2. The Kier molecular flexibility index (Phi) is 13.4. The largest absolute Gasteiger partial charge is 0.493 e. The zero-order chi connectivity index (χ0) is 34.8. The van der Waals surface area contributed by atoms with Crippen LogP contribution in [0.25, 0.3) is 21.8 Å². The highest BCUT2D eigenvalue weighted by molar-refractivity contribution is 6.35. The van der Waals surface area contributed by atoms with Crippen LogP contribution in [0, 0.1) is 0 Å². The molecule has 2 aliphatic carbocycles. The smallest absolute Gasteiger partial charge is 0.227 e. The van der Waals surface area contributed by atoms with Gasteiger partial charge >= 0.3 is 0 Å². The van der Waals surface area contributed by atoms with E-state index in [1.54, 1.807) is 40.6 Å². The number of aromatic nitrogens is 4. The number of anilines is 2. The maximum atomic E-state index is 5.95. The van der Waals surface area contributed by atoms with Gasteiger partial charge in [0.15, 0.2) is 23.0 Å². The van der Waals surface area contributed by atoms with Crippen molar-refractivity contribution in [2.24, 2.45) is 5.73 Å². The molecule has 3 fully saturated rings. The fraction of sp³-hybridized carbons (Fsp3) is 0.556. The van der Waals surface area contributed by atoms with Crippen LogP contribution < -0.4 is 34.9 Å². The van der Waals surface area contributed by atoms with E-state index in [9.17, 15) is 0 Å². The zero-order valence-electron chi connectivity index (χ0n) is 29.1. The zero-order valence-corrected chi connectivity index (χ0v) is 30.6. The van der Waals surface area contributed by atoms with Crippen LogP contribution in [0.15, 0.2) is 24.3 Å². The van der Waals surface area contributed by atoms with E-state index >= 15 is 0 Å². The number of nitrogens with two attached hydrogens (primary N) is 1. The molecule has 0 amide bonds. The molecule has 49 heavy (non-hydrogen) atoms. The fourth-order valence-corrected chi connectivity index (χ4v) is 7.03. The van der Waals surface area contributed by atoms with Crippen LogP contribution in [0.3, 0.4) is 0 Å². The number of nitrogens with zero attached hydrogens (tertiary/aromatic N) is 5. The molecule has 13 heteroatoms. The maximum Gasteiger partial charge on any atom is 0.227 e. The van der Waals surface area contributed by atoms with Crippen LogP contribution >= 0.6 is 23.2 Å². The third-order valence-electron chi connectivity index (χ3n) is 9.30. The first-order chi connectivity index (χ1) is 23.8. The van der Waals surface area contributed by atoms with Gasteiger partial charge in [-0.2, -0.15) is 4.98 Å². The summed E-state index contributed by atoms with van der Waals surface area (Å²) in [5, 5.41) is 5.76. The number of methoxy groups -OCH3 is 4. The fourth-order valence-electron chi connectivity index (χ4n) is 6.58. The van der Waals surface area contributed by atoms with Crippen LogP contribution in [0.4, 0.5) is 11.8 Å². The molecular weight excluding hydrogens is 665 g/mol. The van der Waals surface area contributed by atoms with E-state index < -0.39 is 0 Å². The Bertz CT molecular complexity index is 1680. The summed E-state index contributed by atoms with van der Waals surface area (Å²) in [6, 6.07) is 8.39. The third-order valence-corrected chi connectivity index (χ3v) is 9.76. The van der Waals surface area contributed by atoms with Gasteiger partial charge in [-0.05, 0) is 62.3 Å². The molecule has 2 aromatic heterocycles. The molecule has 3 aliphatic rings. The number of rotatable bonds is 7. The van der Waals surface area contributed by atoms with Crippen LogP contribution in [-0.4, -0.2) is 73.5 Å². The Morgan fingerprint density at radius 1 is 0.633 bits per heavy atom. The molecule has 11 nitrogen and oxygen atoms in total. The van der Waals surface area contributed by atoms with Crippen LogP contribution in [0.1, 0.15) is 77.0 Å². The van der Waals surface area contributed by atoms with Gasteiger partial charge in [0, 0.05) is 48.1 Å². The summed E-state index contributed by atoms with van der Waals surface area (Å²) in [5.74, 6) is 4.30. The minimum atomic E-state index is 0.102. The van der Waals surface area contributed by atoms with Gasteiger partial charge in [0.05, 0.1) is 39.5 Å². The molecule has 0 bridgehead atoms. The summed E-state index contributed by atoms with van der Waals surface area (Å²) in [7, 11) is 6.42. The second-order valence-electron chi connectivity index (χ2n) is 12.7. The number of hydrogen-bond donors (Lipinski definition) is 2. The van der Waals surface area contributed by atoms with E-state index in [-0.39, 0.29) is 10.4 Å². The first-order valence-corrected chi connectivity index (χ1v) is 18.0. The van der Waals surface area contributed by atoms with Gasteiger partial charge in [-0.1, -0.05) is 50.1 Å². The predicted molar refractivity (Wildman–Crippen MR) is 198 cm³/mol. The topological polar surface area (TPSA) is 130 Å². The van der Waals surface area contributed by atoms with Crippen LogP contribution in [-0.2, 0) is 0 Å². The Morgan fingerprint density at radius 2 is 1.14 bits per heavy atom. The monoisotopic (exact) mass is 713 g/mol. The third kappa shape index (κ3) is 9.58. The van der Waals surface area contributed by atoms with Crippen molar-refractivity contribution in [3.8, 4) is 23.0 Å². The van der Waals surface area contributed by atoms with E-state index in [1.807, 2.05) is 12.1 Å². The number of halogens is 2. The lowest BCUT2D eigenvalue weighted by Crippen LogP contribution is -2.25. The Balaban J connectivity index is 0.000000172. The summed E-state index contributed by atoms with van der Waals surface area (Å²) in [4.78, 5) is 19.9. The van der Waals surface area contributed by atoms with Gasteiger partial charge in [-0.3, -0.25) is 0 Å². The first kappa shape index (κ1) is 36.7. The SMILES string of the molecule is COc1cc2nc(Cl)nc(Cl)c2cc1OC.COc1cc2nc(N3CCCC3)nc(NC3CCCCC3)c2cc1OC.NC1CCCCC1. The van der Waals surface area contributed by atoms with Gasteiger partial charge < -0.3 is 34.9 Å². The van der Waals surface area contributed by atoms with Crippen molar-refractivity contribution >= 4 is 56.8 Å². The highest BCUT2D eigenvalue weighted by Gasteiger charge is 2.21. The molecular formula is C36H49Cl2N7O4. The molecule has 0 spiro atoms. The average molecular weight is 715 g/mol. The van der Waals surface area contributed by atoms with Gasteiger partial charge in [0.1, 0.15) is 11.0 Å². The minimum Gasteiger partial charge on any atom is -0.493 e. The molecule has 3 N–H and O–H groups in total. The molecule has 1 saturated heterocycles. The van der Waals surface area contributed by atoms with Crippen molar-refractivity contribution < 1.29 is 18.9 Å². The number of ether oxygens (including phenoxy) is 4. The Labute approximate surface area is 299 Å². The van der Waals surface area contributed by atoms with Gasteiger partial charge in [-0.15, -0.1) is 0 Å². The molecule has 0 unspecified atom stereocenters. The Morgan fingerprint density at radius 3 is 1.67 bits per heavy atom. The predicted octanol–water partition coefficient (Wildman–Crippen LogP) is 8.22. The lowest BCUT2D eigenvalue weighted by molar-refractivity contribution is 0.356.